The number of hydrogen-bond donors (Lipinski definition) is 1. The van der Waals surface area contributed by atoms with Crippen LogP contribution in [-0.2, 0) is 20.7 Å². The summed E-state index contributed by atoms with van der Waals surface area (Å²) in [5, 5.41) is 7.00. The van der Waals surface area contributed by atoms with Gasteiger partial charge < -0.3 is 14.4 Å². The molecule has 1 aliphatic heterocycles. The Labute approximate surface area is 141 Å². The van der Waals surface area contributed by atoms with Crippen molar-refractivity contribution in [1.82, 2.24) is 15.1 Å². The number of hydrogen-bond acceptors (Lipinski definition) is 5. The Balaban J connectivity index is 1.91. The number of methoxy groups -OCH3 is 1. The van der Waals surface area contributed by atoms with E-state index in [2.05, 4.69) is 10.2 Å². The minimum atomic E-state index is -0.860. The molecule has 0 saturated carbocycles. The number of likely N-dealkylation sites (tertiary alicyclic amines) is 1. The lowest BCUT2D eigenvalue weighted by atomic mass is 9.68. The number of esters is 1. The van der Waals surface area contributed by atoms with E-state index >= 15 is 0 Å². The molecule has 7 nitrogen and oxygen atoms in total. The summed E-state index contributed by atoms with van der Waals surface area (Å²) in [5.74, 6) is -0.325. The highest BCUT2D eigenvalue weighted by Crippen LogP contribution is 2.44. The topological polar surface area (TPSA) is 84.5 Å². The fourth-order valence-corrected chi connectivity index (χ4v) is 3.41. The first-order chi connectivity index (χ1) is 11.2. The van der Waals surface area contributed by atoms with E-state index < -0.39 is 17.1 Å². The van der Waals surface area contributed by atoms with Crippen LogP contribution in [0.4, 0.5) is 4.79 Å². The van der Waals surface area contributed by atoms with E-state index in [1.165, 1.54) is 7.11 Å². The summed E-state index contributed by atoms with van der Waals surface area (Å²) in [6.45, 7) is 6.26. The average molecular weight is 333 g/mol. The van der Waals surface area contributed by atoms with Crippen LogP contribution in [0.15, 0.2) is 11.8 Å². The molecule has 0 spiro atoms. The van der Waals surface area contributed by atoms with Gasteiger partial charge in [0.25, 0.3) is 0 Å². The van der Waals surface area contributed by atoms with Gasteiger partial charge in [-0.2, -0.15) is 5.10 Å². The second-order valence-corrected chi connectivity index (χ2v) is 7.38. The Morgan fingerprint density at radius 3 is 2.79 bits per heavy atom. The molecule has 7 heteroatoms. The molecule has 0 radical (unpaired) electrons. The van der Waals surface area contributed by atoms with E-state index in [0.29, 0.717) is 19.4 Å². The fraction of sp³-hybridized carbons (Fsp3) is 0.588. The zero-order chi connectivity index (χ0) is 17.5. The Hall–Kier alpha value is -2.31. The van der Waals surface area contributed by atoms with Crippen LogP contribution in [0.1, 0.15) is 38.4 Å². The Morgan fingerprint density at radius 1 is 1.38 bits per heavy atom. The number of carbonyl (C=O) groups is 2. The van der Waals surface area contributed by atoms with Crippen molar-refractivity contribution in [2.24, 2.45) is 5.41 Å². The summed E-state index contributed by atoms with van der Waals surface area (Å²) >= 11 is 0. The summed E-state index contributed by atoms with van der Waals surface area (Å²) in [5.41, 5.74) is 1.42. The second kappa shape index (κ2) is 5.65. The monoisotopic (exact) mass is 333 g/mol. The van der Waals surface area contributed by atoms with Crippen molar-refractivity contribution >= 4 is 18.1 Å². The predicted molar refractivity (Wildman–Crippen MR) is 87.1 cm³/mol. The molecule has 1 aromatic heterocycles. The van der Waals surface area contributed by atoms with E-state index in [4.69, 9.17) is 9.47 Å². The third kappa shape index (κ3) is 2.79. The first-order valence-corrected chi connectivity index (χ1v) is 8.05. The Morgan fingerprint density at radius 2 is 2.12 bits per heavy atom. The van der Waals surface area contributed by atoms with Gasteiger partial charge in [-0.25, -0.2) is 4.79 Å². The molecule has 1 saturated heterocycles. The molecule has 1 unspecified atom stereocenters. The highest BCUT2D eigenvalue weighted by Gasteiger charge is 2.50. The molecule has 1 N–H and O–H groups in total. The van der Waals surface area contributed by atoms with Crippen molar-refractivity contribution in [2.75, 3.05) is 20.2 Å². The number of nitrogens with one attached hydrogen (secondary N) is 1. The Kier molecular flexibility index (Phi) is 3.89. The lowest BCUT2D eigenvalue weighted by molar-refractivity contribution is -0.152. The zero-order valence-corrected chi connectivity index (χ0v) is 14.5. The van der Waals surface area contributed by atoms with Crippen LogP contribution in [0.2, 0.25) is 0 Å². The zero-order valence-electron chi connectivity index (χ0n) is 14.5. The number of rotatable bonds is 1. The number of ether oxygens (including phenoxy) is 2. The molecule has 0 bridgehead atoms. The maximum Gasteiger partial charge on any atom is 0.410 e. The van der Waals surface area contributed by atoms with Crippen LogP contribution in [0.25, 0.3) is 6.08 Å². The molecule has 3 rings (SSSR count). The van der Waals surface area contributed by atoms with Gasteiger partial charge in [0.2, 0.25) is 0 Å². The van der Waals surface area contributed by atoms with Crippen LogP contribution in [-0.4, -0.2) is 53.0 Å². The van der Waals surface area contributed by atoms with Crippen LogP contribution in [0.3, 0.4) is 0 Å². The van der Waals surface area contributed by atoms with Gasteiger partial charge in [-0.1, -0.05) is 0 Å². The van der Waals surface area contributed by atoms with Gasteiger partial charge >= 0.3 is 12.1 Å². The Bertz CT molecular complexity index is 701. The molecule has 1 aromatic rings. The van der Waals surface area contributed by atoms with Crippen molar-refractivity contribution in [2.45, 2.75) is 39.2 Å². The molecule has 1 aliphatic carbocycles. The SMILES string of the molecule is COC(=O)C12Cc3cn[nH]c3C=C1CCN(C(=O)OC(C)(C)C)C2. The molecular weight excluding hydrogens is 310 g/mol. The number of aromatic amines is 1. The summed E-state index contributed by atoms with van der Waals surface area (Å²) < 4.78 is 10.5. The first kappa shape index (κ1) is 16.5. The molecule has 0 aromatic carbocycles. The number of nitrogens with zero attached hydrogens (tertiary/aromatic N) is 2. The predicted octanol–water partition coefficient (Wildman–Crippen LogP) is 2.15. The fourth-order valence-electron chi connectivity index (χ4n) is 3.41. The quantitative estimate of drug-likeness (QED) is 0.796. The van der Waals surface area contributed by atoms with Gasteiger partial charge in [-0.05, 0) is 50.8 Å². The smallest absolute Gasteiger partial charge is 0.410 e. The van der Waals surface area contributed by atoms with E-state index in [1.54, 1.807) is 11.1 Å². The second-order valence-electron chi connectivity index (χ2n) is 7.38. The van der Waals surface area contributed by atoms with Crippen LogP contribution < -0.4 is 0 Å². The largest absolute Gasteiger partial charge is 0.468 e. The van der Waals surface area contributed by atoms with Crippen molar-refractivity contribution in [1.29, 1.82) is 0 Å². The van der Waals surface area contributed by atoms with Crippen molar-refractivity contribution in [3.05, 3.63) is 23.0 Å². The molecule has 24 heavy (non-hydrogen) atoms. The minimum absolute atomic E-state index is 0.255. The van der Waals surface area contributed by atoms with Crippen molar-refractivity contribution < 1.29 is 19.1 Å². The number of H-pyrrole nitrogens is 1. The molecule has 1 fully saturated rings. The number of amides is 1. The van der Waals surface area contributed by atoms with Crippen molar-refractivity contribution in [3.63, 3.8) is 0 Å². The maximum absolute atomic E-state index is 12.6. The number of carbonyl (C=O) groups excluding carboxylic acids is 2. The summed E-state index contributed by atoms with van der Waals surface area (Å²) in [6, 6.07) is 0. The van der Waals surface area contributed by atoms with Gasteiger partial charge in [0, 0.05) is 13.1 Å². The lowest BCUT2D eigenvalue weighted by Gasteiger charge is -2.44. The minimum Gasteiger partial charge on any atom is -0.468 e. The van der Waals surface area contributed by atoms with Crippen LogP contribution in [0, 0.1) is 5.41 Å². The first-order valence-electron chi connectivity index (χ1n) is 8.05. The van der Waals surface area contributed by atoms with Gasteiger partial charge in [0.1, 0.15) is 11.0 Å². The van der Waals surface area contributed by atoms with Gasteiger partial charge in [-0.15, -0.1) is 0 Å². The standard InChI is InChI=1S/C17H23N3O4/c1-16(2,3)24-15(22)20-6-5-12-7-13-11(9-18-19-13)8-17(12,10-20)14(21)23-4/h7,9H,5-6,8,10H2,1-4H3,(H,18,19). The average Bonchev–Trinajstić information content (AvgIpc) is 2.96. The summed E-state index contributed by atoms with van der Waals surface area (Å²) in [4.78, 5) is 26.7. The molecule has 1 atom stereocenters. The molecular formula is C17H23N3O4. The number of fused-ring (bicyclic) bond motifs is 2. The van der Waals surface area contributed by atoms with E-state index in [0.717, 1.165) is 16.8 Å². The van der Waals surface area contributed by atoms with Gasteiger partial charge in [0.05, 0.1) is 19.0 Å². The van der Waals surface area contributed by atoms with Crippen LogP contribution in [0.5, 0.6) is 0 Å². The summed E-state index contributed by atoms with van der Waals surface area (Å²) in [7, 11) is 1.38. The van der Waals surface area contributed by atoms with Crippen LogP contribution >= 0.6 is 0 Å². The van der Waals surface area contributed by atoms with Crippen molar-refractivity contribution in [3.8, 4) is 0 Å². The number of aromatic nitrogens is 2. The highest BCUT2D eigenvalue weighted by atomic mass is 16.6. The maximum atomic E-state index is 12.6. The lowest BCUT2D eigenvalue weighted by Crippen LogP contribution is -2.54. The molecule has 130 valence electrons. The van der Waals surface area contributed by atoms with E-state index in [9.17, 15) is 9.59 Å². The van der Waals surface area contributed by atoms with E-state index in [1.807, 2.05) is 26.8 Å². The highest BCUT2D eigenvalue weighted by molar-refractivity contribution is 5.86. The number of piperidine rings is 1. The third-order valence-electron chi connectivity index (χ3n) is 4.52. The van der Waals surface area contributed by atoms with Gasteiger partial charge in [0.15, 0.2) is 0 Å². The molecule has 2 aliphatic rings. The molecule has 1 amide bonds. The normalized spacial score (nSPS) is 23.0. The molecule has 2 heterocycles. The third-order valence-corrected chi connectivity index (χ3v) is 4.52. The van der Waals surface area contributed by atoms with Gasteiger partial charge in [-0.3, -0.25) is 9.89 Å². The van der Waals surface area contributed by atoms with E-state index in [-0.39, 0.29) is 12.5 Å². The summed E-state index contributed by atoms with van der Waals surface area (Å²) in [6.07, 6.45) is 4.36.